The number of methoxy groups -OCH3 is 1. The third-order valence-corrected chi connectivity index (χ3v) is 5.16. The molecular weight excluding hydrogens is 441 g/mol. The lowest BCUT2D eigenvalue weighted by Gasteiger charge is -2.21. The predicted octanol–water partition coefficient (Wildman–Crippen LogP) is 5.84. The first-order valence-corrected chi connectivity index (χ1v) is 8.47. The largest absolute Gasteiger partial charge is 0.495 e. The van der Waals surface area contributed by atoms with E-state index in [1.165, 1.54) is 0 Å². The van der Waals surface area contributed by atoms with E-state index < -0.39 is 0 Å². The van der Waals surface area contributed by atoms with E-state index in [1.807, 2.05) is 37.4 Å². The summed E-state index contributed by atoms with van der Waals surface area (Å²) in [5.74, 6) is 0.748. The topological polar surface area (TPSA) is 21.3 Å². The van der Waals surface area contributed by atoms with Gasteiger partial charge in [-0.2, -0.15) is 0 Å². The smallest absolute Gasteiger partial charge is 0.138 e. The number of hydrogen-bond acceptors (Lipinski definition) is 2. The number of hydrogen-bond donors (Lipinski definition) is 1. The van der Waals surface area contributed by atoms with E-state index in [0.29, 0.717) is 10.0 Å². The van der Waals surface area contributed by atoms with Crippen molar-refractivity contribution < 1.29 is 4.74 Å². The van der Waals surface area contributed by atoms with Gasteiger partial charge in [0.15, 0.2) is 0 Å². The zero-order valence-electron chi connectivity index (χ0n) is 11.4. The highest BCUT2D eigenvalue weighted by Crippen LogP contribution is 2.39. The molecule has 0 heterocycles. The quantitative estimate of drug-likeness (QED) is 0.628. The molecule has 6 heteroatoms. The second kappa shape index (κ2) is 7.34. The lowest BCUT2D eigenvalue weighted by atomic mass is 9.98. The van der Waals surface area contributed by atoms with Crippen LogP contribution in [0, 0.1) is 0 Å². The van der Waals surface area contributed by atoms with Crippen molar-refractivity contribution in [2.45, 2.75) is 6.04 Å². The Labute approximate surface area is 151 Å². The molecule has 0 aliphatic heterocycles. The first-order chi connectivity index (χ1) is 9.97. The number of halogens is 4. The molecule has 0 radical (unpaired) electrons. The third kappa shape index (κ3) is 3.74. The maximum absolute atomic E-state index is 6.20. The lowest BCUT2D eigenvalue weighted by molar-refractivity contribution is 0.402. The Morgan fingerprint density at radius 2 is 1.81 bits per heavy atom. The molecule has 0 spiro atoms. The van der Waals surface area contributed by atoms with Crippen molar-refractivity contribution >= 4 is 55.1 Å². The average molecular weight is 454 g/mol. The van der Waals surface area contributed by atoms with Crippen molar-refractivity contribution in [3.63, 3.8) is 0 Å². The molecule has 0 saturated heterocycles. The predicted molar refractivity (Wildman–Crippen MR) is 95.8 cm³/mol. The van der Waals surface area contributed by atoms with Crippen LogP contribution in [0.4, 0.5) is 0 Å². The van der Waals surface area contributed by atoms with E-state index >= 15 is 0 Å². The van der Waals surface area contributed by atoms with Gasteiger partial charge in [-0.05, 0) is 68.7 Å². The molecule has 0 aliphatic carbocycles. The molecule has 2 aromatic rings. The van der Waals surface area contributed by atoms with E-state index in [4.69, 9.17) is 27.9 Å². The first kappa shape index (κ1) is 17.1. The Morgan fingerprint density at radius 3 is 2.38 bits per heavy atom. The van der Waals surface area contributed by atoms with Crippen LogP contribution in [-0.4, -0.2) is 14.2 Å². The molecular formula is C15H13Br2Cl2NO. The van der Waals surface area contributed by atoms with Crippen LogP contribution in [0.5, 0.6) is 5.75 Å². The zero-order chi connectivity index (χ0) is 15.6. The normalized spacial score (nSPS) is 12.3. The number of rotatable bonds is 4. The highest BCUT2D eigenvalue weighted by atomic mass is 79.9. The summed E-state index contributed by atoms with van der Waals surface area (Å²) in [6, 6.07) is 9.47. The van der Waals surface area contributed by atoms with Gasteiger partial charge in [-0.15, -0.1) is 0 Å². The molecule has 1 atom stereocenters. The van der Waals surface area contributed by atoms with Gasteiger partial charge in [-0.1, -0.05) is 29.3 Å². The number of benzene rings is 2. The molecule has 0 fully saturated rings. The maximum atomic E-state index is 6.20. The molecule has 2 nitrogen and oxygen atoms in total. The lowest BCUT2D eigenvalue weighted by Crippen LogP contribution is -2.18. The summed E-state index contributed by atoms with van der Waals surface area (Å²) in [6.45, 7) is 0. The van der Waals surface area contributed by atoms with Crippen LogP contribution in [0.2, 0.25) is 10.0 Å². The van der Waals surface area contributed by atoms with Crippen LogP contribution in [0.15, 0.2) is 39.3 Å². The minimum Gasteiger partial charge on any atom is -0.495 e. The van der Waals surface area contributed by atoms with Gasteiger partial charge in [0.1, 0.15) is 5.75 Å². The van der Waals surface area contributed by atoms with E-state index in [-0.39, 0.29) is 6.04 Å². The Hall–Kier alpha value is -0.260. The highest BCUT2D eigenvalue weighted by molar-refractivity contribution is 9.10. The van der Waals surface area contributed by atoms with Gasteiger partial charge >= 0.3 is 0 Å². The van der Waals surface area contributed by atoms with E-state index in [2.05, 4.69) is 37.2 Å². The van der Waals surface area contributed by atoms with Gasteiger partial charge in [0.25, 0.3) is 0 Å². The standard InChI is InChI=1S/C15H13Br2Cl2NO/c1-20-14(8-3-4-11(16)13(19)5-8)10-6-9(18)7-12(17)15(10)21-2/h3-7,14,20H,1-2H3. The van der Waals surface area contributed by atoms with Gasteiger partial charge in [-0.3, -0.25) is 0 Å². The summed E-state index contributed by atoms with van der Waals surface area (Å²) < 4.78 is 7.18. The maximum Gasteiger partial charge on any atom is 0.138 e. The molecule has 1 unspecified atom stereocenters. The van der Waals surface area contributed by atoms with Crippen molar-refractivity contribution in [3.8, 4) is 5.75 Å². The van der Waals surface area contributed by atoms with Crippen molar-refractivity contribution in [2.24, 2.45) is 0 Å². The summed E-state index contributed by atoms with van der Waals surface area (Å²) in [5.41, 5.74) is 1.97. The molecule has 112 valence electrons. The summed E-state index contributed by atoms with van der Waals surface area (Å²) in [7, 11) is 3.52. The van der Waals surface area contributed by atoms with Crippen LogP contribution in [0.3, 0.4) is 0 Å². The van der Waals surface area contributed by atoms with Crippen molar-refractivity contribution in [2.75, 3.05) is 14.2 Å². The molecule has 1 N–H and O–H groups in total. The molecule has 0 aliphatic rings. The molecule has 21 heavy (non-hydrogen) atoms. The van der Waals surface area contributed by atoms with Gasteiger partial charge in [0, 0.05) is 15.1 Å². The molecule has 2 rings (SSSR count). The van der Waals surface area contributed by atoms with Crippen LogP contribution in [0.25, 0.3) is 0 Å². The SMILES string of the molecule is CNC(c1ccc(Br)c(Cl)c1)c1cc(Cl)cc(Br)c1OC. The van der Waals surface area contributed by atoms with Crippen LogP contribution < -0.4 is 10.1 Å². The third-order valence-electron chi connectivity index (χ3n) is 3.12. The Morgan fingerprint density at radius 1 is 1.10 bits per heavy atom. The van der Waals surface area contributed by atoms with Crippen LogP contribution >= 0.6 is 55.1 Å². The fraction of sp³-hybridized carbons (Fsp3) is 0.200. The summed E-state index contributed by atoms with van der Waals surface area (Å²) in [4.78, 5) is 0. The fourth-order valence-corrected chi connectivity index (χ4v) is 3.64. The first-order valence-electron chi connectivity index (χ1n) is 6.13. The Kier molecular flexibility index (Phi) is 5.97. The minimum atomic E-state index is -0.0828. The Balaban J connectivity index is 2.58. The van der Waals surface area contributed by atoms with Gasteiger partial charge < -0.3 is 10.1 Å². The van der Waals surface area contributed by atoms with E-state index in [9.17, 15) is 0 Å². The fourth-order valence-electron chi connectivity index (χ4n) is 2.20. The average Bonchev–Trinajstić information content (AvgIpc) is 2.43. The summed E-state index contributed by atoms with van der Waals surface area (Å²) in [5, 5.41) is 4.58. The summed E-state index contributed by atoms with van der Waals surface area (Å²) >= 11 is 19.3. The molecule has 2 aromatic carbocycles. The Bertz CT molecular complexity index is 664. The van der Waals surface area contributed by atoms with E-state index in [0.717, 1.165) is 25.8 Å². The van der Waals surface area contributed by atoms with Crippen LogP contribution in [0.1, 0.15) is 17.2 Å². The van der Waals surface area contributed by atoms with Crippen LogP contribution in [-0.2, 0) is 0 Å². The molecule has 0 aromatic heterocycles. The molecule has 0 saturated carbocycles. The van der Waals surface area contributed by atoms with Gasteiger partial charge in [0.05, 0.1) is 22.6 Å². The van der Waals surface area contributed by atoms with E-state index in [1.54, 1.807) is 7.11 Å². The molecule has 0 amide bonds. The molecule has 0 bridgehead atoms. The van der Waals surface area contributed by atoms with Crippen molar-refractivity contribution in [1.29, 1.82) is 0 Å². The van der Waals surface area contributed by atoms with Crippen molar-refractivity contribution in [1.82, 2.24) is 5.32 Å². The zero-order valence-corrected chi connectivity index (χ0v) is 16.1. The van der Waals surface area contributed by atoms with Gasteiger partial charge in [-0.25, -0.2) is 0 Å². The second-order valence-corrected chi connectivity index (χ2v) is 6.96. The second-order valence-electron chi connectivity index (χ2n) is 4.41. The van der Waals surface area contributed by atoms with Crippen molar-refractivity contribution in [3.05, 3.63) is 60.4 Å². The monoisotopic (exact) mass is 451 g/mol. The highest BCUT2D eigenvalue weighted by Gasteiger charge is 2.20. The summed E-state index contributed by atoms with van der Waals surface area (Å²) in [6.07, 6.45) is 0. The minimum absolute atomic E-state index is 0.0828. The number of nitrogens with one attached hydrogen (secondary N) is 1. The van der Waals surface area contributed by atoms with Gasteiger partial charge in [0.2, 0.25) is 0 Å². The number of ether oxygens (including phenoxy) is 1.